The molecule has 0 saturated carbocycles. The largest absolute Gasteiger partial charge is 0.495 e. The van der Waals surface area contributed by atoms with Crippen molar-refractivity contribution < 1.29 is 22.7 Å². The maximum Gasteiger partial charge on any atom is 0.269 e. The van der Waals surface area contributed by atoms with Crippen LogP contribution in [0.5, 0.6) is 5.75 Å². The first-order valence-electron chi connectivity index (χ1n) is 9.10. The highest BCUT2D eigenvalue weighted by Crippen LogP contribution is 2.22. The summed E-state index contributed by atoms with van der Waals surface area (Å²) >= 11 is 5.17. The molecule has 2 aromatic rings. The SMILES string of the molecule is COc1ccccc1NC(=S)NNC(=O)c1ccc(S(=O)(=O)N2CCOCC2)cc1. The summed E-state index contributed by atoms with van der Waals surface area (Å²) in [5, 5.41) is 3.09. The molecular formula is C19H22N4O5S2. The summed E-state index contributed by atoms with van der Waals surface area (Å²) in [6, 6.07) is 12.9. The molecule has 2 aromatic carbocycles. The Bertz CT molecular complexity index is 1010. The van der Waals surface area contributed by atoms with Gasteiger partial charge < -0.3 is 14.8 Å². The van der Waals surface area contributed by atoms with E-state index in [9.17, 15) is 13.2 Å². The fraction of sp³-hybridized carbons (Fsp3) is 0.263. The molecule has 0 aliphatic carbocycles. The Labute approximate surface area is 180 Å². The van der Waals surface area contributed by atoms with Crippen molar-refractivity contribution in [1.29, 1.82) is 0 Å². The fourth-order valence-corrected chi connectivity index (χ4v) is 4.37. The lowest BCUT2D eigenvalue weighted by molar-refractivity contribution is 0.0730. The number of nitrogens with zero attached hydrogens (tertiary/aromatic N) is 1. The summed E-state index contributed by atoms with van der Waals surface area (Å²) in [6.45, 7) is 1.36. The molecule has 0 atom stereocenters. The Balaban J connectivity index is 1.57. The molecule has 30 heavy (non-hydrogen) atoms. The average molecular weight is 451 g/mol. The van der Waals surface area contributed by atoms with Crippen molar-refractivity contribution in [3.05, 3.63) is 54.1 Å². The lowest BCUT2D eigenvalue weighted by Gasteiger charge is -2.26. The summed E-state index contributed by atoms with van der Waals surface area (Å²) in [7, 11) is -2.06. The number of carbonyl (C=O) groups is 1. The van der Waals surface area contributed by atoms with E-state index in [1.54, 1.807) is 19.2 Å². The molecular weight excluding hydrogens is 428 g/mol. The molecule has 1 saturated heterocycles. The number of nitrogens with one attached hydrogen (secondary N) is 3. The van der Waals surface area contributed by atoms with Crippen LogP contribution in [0.1, 0.15) is 10.4 Å². The number of para-hydroxylation sites is 2. The number of morpholine rings is 1. The van der Waals surface area contributed by atoms with Gasteiger partial charge in [-0.05, 0) is 48.6 Å². The van der Waals surface area contributed by atoms with Crippen molar-refractivity contribution in [1.82, 2.24) is 15.2 Å². The Hall–Kier alpha value is -2.73. The molecule has 0 unspecified atom stereocenters. The predicted octanol–water partition coefficient (Wildman–Crippen LogP) is 1.35. The highest BCUT2D eigenvalue weighted by atomic mass is 32.2. The molecule has 1 heterocycles. The first-order valence-corrected chi connectivity index (χ1v) is 10.9. The third-order valence-electron chi connectivity index (χ3n) is 4.37. The molecule has 1 fully saturated rings. The van der Waals surface area contributed by atoms with E-state index in [-0.39, 0.29) is 15.6 Å². The van der Waals surface area contributed by atoms with Gasteiger partial charge in [0, 0.05) is 18.7 Å². The van der Waals surface area contributed by atoms with E-state index in [1.807, 2.05) is 12.1 Å². The summed E-state index contributed by atoms with van der Waals surface area (Å²) in [5.41, 5.74) is 5.99. The van der Waals surface area contributed by atoms with Crippen molar-refractivity contribution in [2.75, 3.05) is 38.7 Å². The molecule has 1 aliphatic heterocycles. The van der Waals surface area contributed by atoms with Crippen LogP contribution in [0.4, 0.5) is 5.69 Å². The third-order valence-corrected chi connectivity index (χ3v) is 6.49. The third kappa shape index (κ3) is 5.25. The second-order valence-electron chi connectivity index (χ2n) is 6.27. The summed E-state index contributed by atoms with van der Waals surface area (Å²) in [5.74, 6) is 0.138. The smallest absolute Gasteiger partial charge is 0.269 e. The first-order chi connectivity index (χ1) is 14.4. The number of anilines is 1. The minimum absolute atomic E-state index is 0.127. The highest BCUT2D eigenvalue weighted by Gasteiger charge is 2.26. The van der Waals surface area contributed by atoms with Crippen LogP contribution < -0.4 is 20.9 Å². The molecule has 9 nitrogen and oxygen atoms in total. The normalized spacial score (nSPS) is 14.6. The van der Waals surface area contributed by atoms with Crippen molar-refractivity contribution in [2.24, 2.45) is 0 Å². The lowest BCUT2D eigenvalue weighted by Crippen LogP contribution is -2.43. The molecule has 160 valence electrons. The van der Waals surface area contributed by atoms with Gasteiger partial charge >= 0.3 is 0 Å². The molecule has 1 aliphatic rings. The van der Waals surface area contributed by atoms with E-state index in [1.165, 1.54) is 28.6 Å². The monoisotopic (exact) mass is 450 g/mol. The van der Waals surface area contributed by atoms with Crippen molar-refractivity contribution >= 4 is 38.9 Å². The van der Waals surface area contributed by atoms with Gasteiger partial charge in [-0.2, -0.15) is 4.31 Å². The fourth-order valence-electron chi connectivity index (χ4n) is 2.80. The van der Waals surface area contributed by atoms with Gasteiger partial charge in [0.2, 0.25) is 10.0 Å². The number of carbonyl (C=O) groups excluding carboxylic acids is 1. The molecule has 0 aromatic heterocycles. The van der Waals surface area contributed by atoms with Crippen LogP contribution in [0, 0.1) is 0 Å². The van der Waals surface area contributed by atoms with Crippen LogP contribution in [-0.2, 0) is 14.8 Å². The summed E-state index contributed by atoms with van der Waals surface area (Å²) < 4.78 is 37.0. The Morgan fingerprint density at radius 1 is 1.07 bits per heavy atom. The lowest BCUT2D eigenvalue weighted by atomic mass is 10.2. The van der Waals surface area contributed by atoms with Crippen LogP contribution >= 0.6 is 12.2 Å². The molecule has 0 radical (unpaired) electrons. The van der Waals surface area contributed by atoms with Crippen LogP contribution in [0.25, 0.3) is 0 Å². The van der Waals surface area contributed by atoms with Gasteiger partial charge in [-0.3, -0.25) is 15.6 Å². The van der Waals surface area contributed by atoms with Crippen LogP contribution in [0.3, 0.4) is 0 Å². The summed E-state index contributed by atoms with van der Waals surface area (Å²) in [4.78, 5) is 12.5. The number of sulfonamides is 1. The molecule has 3 rings (SSSR count). The van der Waals surface area contributed by atoms with E-state index in [2.05, 4.69) is 16.2 Å². The van der Waals surface area contributed by atoms with E-state index in [4.69, 9.17) is 21.7 Å². The van der Waals surface area contributed by atoms with Gasteiger partial charge in [-0.15, -0.1) is 0 Å². The number of hydrazine groups is 1. The van der Waals surface area contributed by atoms with E-state index < -0.39 is 15.9 Å². The van der Waals surface area contributed by atoms with Crippen LogP contribution in [0.2, 0.25) is 0 Å². The quantitative estimate of drug-likeness (QED) is 0.463. The minimum Gasteiger partial charge on any atom is -0.495 e. The maximum atomic E-state index is 12.6. The maximum absolute atomic E-state index is 12.6. The van der Waals surface area contributed by atoms with E-state index in [0.717, 1.165) is 0 Å². The number of methoxy groups -OCH3 is 1. The van der Waals surface area contributed by atoms with Gasteiger partial charge in [0.1, 0.15) is 5.75 Å². The summed E-state index contributed by atoms with van der Waals surface area (Å²) in [6.07, 6.45) is 0. The van der Waals surface area contributed by atoms with E-state index in [0.29, 0.717) is 37.7 Å². The van der Waals surface area contributed by atoms with Crippen LogP contribution in [-0.4, -0.2) is 57.2 Å². The second kappa shape index (κ2) is 9.85. The number of amides is 1. The van der Waals surface area contributed by atoms with Gasteiger partial charge in [0.25, 0.3) is 5.91 Å². The zero-order valence-electron chi connectivity index (χ0n) is 16.3. The Morgan fingerprint density at radius 2 is 1.73 bits per heavy atom. The standard InChI is InChI=1S/C19H22N4O5S2/c1-27-17-5-3-2-4-16(17)20-19(29)22-21-18(24)14-6-8-15(9-7-14)30(25,26)23-10-12-28-13-11-23/h2-9H,10-13H2,1H3,(H,21,24)(H2,20,22,29). The van der Waals surface area contributed by atoms with Crippen molar-refractivity contribution in [3.63, 3.8) is 0 Å². The number of hydrogen-bond donors (Lipinski definition) is 3. The van der Waals surface area contributed by atoms with Gasteiger partial charge in [0.15, 0.2) is 5.11 Å². The number of thiocarbonyl (C=S) groups is 1. The number of benzene rings is 2. The average Bonchev–Trinajstić information content (AvgIpc) is 2.78. The number of hydrogen-bond acceptors (Lipinski definition) is 6. The molecule has 3 N–H and O–H groups in total. The Kier molecular flexibility index (Phi) is 7.21. The minimum atomic E-state index is -3.61. The number of rotatable bonds is 5. The second-order valence-corrected chi connectivity index (χ2v) is 8.62. The Morgan fingerprint density at radius 3 is 2.40 bits per heavy atom. The molecule has 11 heteroatoms. The zero-order valence-corrected chi connectivity index (χ0v) is 17.9. The van der Waals surface area contributed by atoms with Gasteiger partial charge in [0.05, 0.1) is 30.9 Å². The number of ether oxygens (including phenoxy) is 2. The van der Waals surface area contributed by atoms with Crippen molar-refractivity contribution in [3.8, 4) is 5.75 Å². The van der Waals surface area contributed by atoms with Gasteiger partial charge in [-0.1, -0.05) is 12.1 Å². The first kappa shape index (κ1) is 22.0. The predicted molar refractivity (Wildman–Crippen MR) is 116 cm³/mol. The highest BCUT2D eigenvalue weighted by molar-refractivity contribution is 7.89. The molecule has 0 spiro atoms. The zero-order chi connectivity index (χ0) is 21.6. The van der Waals surface area contributed by atoms with E-state index >= 15 is 0 Å². The van der Waals surface area contributed by atoms with Gasteiger partial charge in [-0.25, -0.2) is 8.42 Å². The van der Waals surface area contributed by atoms with Crippen LogP contribution in [0.15, 0.2) is 53.4 Å². The van der Waals surface area contributed by atoms with Crippen molar-refractivity contribution in [2.45, 2.75) is 4.90 Å². The molecule has 1 amide bonds. The topological polar surface area (TPSA) is 109 Å². The molecule has 0 bridgehead atoms.